The van der Waals surface area contributed by atoms with Crippen molar-refractivity contribution in [3.8, 4) is 0 Å². The van der Waals surface area contributed by atoms with Gasteiger partial charge in [-0.3, -0.25) is 4.79 Å². The van der Waals surface area contributed by atoms with Crippen molar-refractivity contribution in [2.75, 3.05) is 13.2 Å². The van der Waals surface area contributed by atoms with Crippen LogP contribution in [0, 0.1) is 0 Å². The van der Waals surface area contributed by atoms with Crippen LogP contribution >= 0.6 is 0 Å². The molecule has 0 spiro atoms. The number of ether oxygens (including phenoxy) is 1. The van der Waals surface area contributed by atoms with Gasteiger partial charge in [-0.2, -0.15) is 0 Å². The third-order valence-corrected chi connectivity index (χ3v) is 1.80. The quantitative estimate of drug-likeness (QED) is 0.679. The third kappa shape index (κ3) is 3.18. The highest BCUT2D eigenvalue weighted by molar-refractivity contribution is 5.71. The molecule has 1 aromatic rings. The lowest BCUT2D eigenvalue weighted by Crippen LogP contribution is -2.25. The second-order valence-corrected chi connectivity index (χ2v) is 2.90. The molecule has 1 N–H and O–H groups in total. The van der Waals surface area contributed by atoms with Crippen LogP contribution in [-0.2, 0) is 23.1 Å². The van der Waals surface area contributed by atoms with Crippen LogP contribution in [-0.4, -0.2) is 28.7 Å². The summed E-state index contributed by atoms with van der Waals surface area (Å²) in [4.78, 5) is 14.9. The van der Waals surface area contributed by atoms with Gasteiger partial charge >= 0.3 is 5.97 Å². The summed E-state index contributed by atoms with van der Waals surface area (Å²) in [5, 5.41) is 2.98. The molecule has 0 radical (unpaired) electrons. The average molecular weight is 197 g/mol. The maximum Gasteiger partial charge on any atom is 0.319 e. The predicted octanol–water partition coefficient (Wildman–Crippen LogP) is 0.0728. The third-order valence-electron chi connectivity index (χ3n) is 1.80. The summed E-state index contributed by atoms with van der Waals surface area (Å²) >= 11 is 0. The molecule has 0 saturated heterocycles. The van der Waals surface area contributed by atoms with Crippen molar-refractivity contribution >= 4 is 5.97 Å². The number of nitrogens with one attached hydrogen (secondary N) is 1. The average Bonchev–Trinajstić information content (AvgIpc) is 2.52. The first-order valence-electron chi connectivity index (χ1n) is 4.55. The van der Waals surface area contributed by atoms with Gasteiger partial charge < -0.3 is 14.6 Å². The zero-order valence-corrected chi connectivity index (χ0v) is 8.49. The van der Waals surface area contributed by atoms with Crippen molar-refractivity contribution in [3.05, 3.63) is 18.2 Å². The van der Waals surface area contributed by atoms with Crippen LogP contribution < -0.4 is 5.32 Å². The second-order valence-electron chi connectivity index (χ2n) is 2.90. The first-order chi connectivity index (χ1) is 6.74. The summed E-state index contributed by atoms with van der Waals surface area (Å²) in [6.45, 7) is 3.07. The number of aryl methyl sites for hydroxylation is 1. The zero-order chi connectivity index (χ0) is 10.4. The van der Waals surface area contributed by atoms with Gasteiger partial charge in [-0.1, -0.05) is 0 Å². The molecule has 0 aliphatic carbocycles. The van der Waals surface area contributed by atoms with E-state index < -0.39 is 0 Å². The number of esters is 1. The van der Waals surface area contributed by atoms with Crippen molar-refractivity contribution < 1.29 is 9.53 Å². The number of hydrogen-bond acceptors (Lipinski definition) is 4. The van der Waals surface area contributed by atoms with Gasteiger partial charge in [0.2, 0.25) is 0 Å². The molecule has 1 heterocycles. The molecule has 0 bridgehead atoms. The summed E-state index contributed by atoms with van der Waals surface area (Å²) in [5.74, 6) is -0.227. The minimum Gasteiger partial charge on any atom is -0.465 e. The van der Waals surface area contributed by atoms with Crippen LogP contribution in [0.1, 0.15) is 12.6 Å². The molecular formula is C9H15N3O2. The van der Waals surface area contributed by atoms with Gasteiger partial charge in [0, 0.05) is 19.8 Å². The number of aromatic nitrogens is 2. The predicted molar refractivity (Wildman–Crippen MR) is 51.5 cm³/mol. The fourth-order valence-electron chi connectivity index (χ4n) is 1.06. The summed E-state index contributed by atoms with van der Waals surface area (Å²) < 4.78 is 6.67. The molecule has 0 unspecified atom stereocenters. The molecule has 14 heavy (non-hydrogen) atoms. The number of imidazole rings is 1. The van der Waals surface area contributed by atoms with E-state index in [2.05, 4.69) is 10.3 Å². The SMILES string of the molecule is CCOC(=O)CNCc1cncn1C. The van der Waals surface area contributed by atoms with Crippen molar-refractivity contribution in [1.82, 2.24) is 14.9 Å². The van der Waals surface area contributed by atoms with Crippen LogP contribution in [0.2, 0.25) is 0 Å². The van der Waals surface area contributed by atoms with E-state index in [9.17, 15) is 4.79 Å². The maximum absolute atomic E-state index is 10.9. The first kappa shape index (κ1) is 10.7. The molecule has 5 heteroatoms. The van der Waals surface area contributed by atoms with Crippen LogP contribution in [0.4, 0.5) is 0 Å². The molecule has 1 aromatic heterocycles. The molecule has 5 nitrogen and oxygen atoms in total. The van der Waals surface area contributed by atoms with E-state index in [-0.39, 0.29) is 12.5 Å². The standard InChI is InChI=1S/C9H15N3O2/c1-3-14-9(13)6-10-4-8-5-11-7-12(8)2/h5,7,10H,3-4,6H2,1-2H3. The van der Waals surface area contributed by atoms with E-state index >= 15 is 0 Å². The number of carbonyl (C=O) groups excluding carboxylic acids is 1. The first-order valence-corrected chi connectivity index (χ1v) is 4.55. The van der Waals surface area contributed by atoms with E-state index in [0.29, 0.717) is 13.2 Å². The Bertz CT molecular complexity index is 296. The Kier molecular flexibility index (Phi) is 4.12. The Morgan fingerprint density at radius 3 is 3.07 bits per heavy atom. The molecule has 0 amide bonds. The Morgan fingerprint density at radius 1 is 1.71 bits per heavy atom. The van der Waals surface area contributed by atoms with Gasteiger partial charge in [-0.05, 0) is 6.92 Å². The van der Waals surface area contributed by atoms with Gasteiger partial charge in [0.25, 0.3) is 0 Å². The monoisotopic (exact) mass is 197 g/mol. The van der Waals surface area contributed by atoms with Gasteiger partial charge in [-0.15, -0.1) is 0 Å². The lowest BCUT2D eigenvalue weighted by molar-refractivity contribution is -0.142. The Morgan fingerprint density at radius 2 is 2.50 bits per heavy atom. The number of nitrogens with zero attached hydrogens (tertiary/aromatic N) is 2. The molecular weight excluding hydrogens is 182 g/mol. The molecule has 0 aliphatic rings. The summed E-state index contributed by atoms with van der Waals surface area (Å²) in [6, 6.07) is 0. The molecule has 0 aromatic carbocycles. The lowest BCUT2D eigenvalue weighted by Gasteiger charge is -2.04. The minimum absolute atomic E-state index is 0.227. The highest BCUT2D eigenvalue weighted by Crippen LogP contribution is 1.94. The molecule has 0 atom stereocenters. The van der Waals surface area contributed by atoms with Gasteiger partial charge in [0.15, 0.2) is 0 Å². The van der Waals surface area contributed by atoms with Crippen LogP contribution in [0.5, 0.6) is 0 Å². The Balaban J connectivity index is 2.22. The van der Waals surface area contributed by atoms with Gasteiger partial charge in [0.05, 0.1) is 25.2 Å². The van der Waals surface area contributed by atoms with Gasteiger partial charge in [-0.25, -0.2) is 4.98 Å². The maximum atomic E-state index is 10.9. The van der Waals surface area contributed by atoms with Crippen LogP contribution in [0.3, 0.4) is 0 Å². The zero-order valence-electron chi connectivity index (χ0n) is 8.49. The Hall–Kier alpha value is -1.36. The van der Waals surface area contributed by atoms with Crippen LogP contribution in [0.15, 0.2) is 12.5 Å². The highest BCUT2D eigenvalue weighted by Gasteiger charge is 2.01. The van der Waals surface area contributed by atoms with E-state index in [1.807, 2.05) is 11.6 Å². The fourth-order valence-corrected chi connectivity index (χ4v) is 1.06. The topological polar surface area (TPSA) is 56.1 Å². The van der Waals surface area contributed by atoms with Crippen LogP contribution in [0.25, 0.3) is 0 Å². The number of carbonyl (C=O) groups is 1. The number of rotatable bonds is 5. The minimum atomic E-state index is -0.227. The van der Waals surface area contributed by atoms with Crippen molar-refractivity contribution in [1.29, 1.82) is 0 Å². The van der Waals surface area contributed by atoms with Gasteiger partial charge in [0.1, 0.15) is 0 Å². The summed E-state index contributed by atoms with van der Waals surface area (Å²) in [6.07, 6.45) is 3.49. The van der Waals surface area contributed by atoms with E-state index in [1.165, 1.54) is 0 Å². The Labute approximate surface area is 83.1 Å². The molecule has 0 saturated carbocycles. The normalized spacial score (nSPS) is 10.1. The molecule has 1 rings (SSSR count). The lowest BCUT2D eigenvalue weighted by atomic mass is 10.4. The van der Waals surface area contributed by atoms with E-state index in [0.717, 1.165) is 5.69 Å². The smallest absolute Gasteiger partial charge is 0.319 e. The van der Waals surface area contributed by atoms with E-state index in [1.54, 1.807) is 19.4 Å². The summed E-state index contributed by atoms with van der Waals surface area (Å²) in [7, 11) is 1.91. The molecule has 0 aliphatic heterocycles. The van der Waals surface area contributed by atoms with Crippen molar-refractivity contribution in [2.24, 2.45) is 7.05 Å². The fraction of sp³-hybridized carbons (Fsp3) is 0.556. The number of hydrogen-bond donors (Lipinski definition) is 1. The summed E-state index contributed by atoms with van der Waals surface area (Å²) in [5.41, 5.74) is 1.04. The van der Waals surface area contributed by atoms with Crippen molar-refractivity contribution in [2.45, 2.75) is 13.5 Å². The van der Waals surface area contributed by atoms with Crippen molar-refractivity contribution in [3.63, 3.8) is 0 Å². The molecule has 0 fully saturated rings. The highest BCUT2D eigenvalue weighted by atomic mass is 16.5. The van der Waals surface area contributed by atoms with E-state index in [4.69, 9.17) is 4.74 Å². The molecule has 78 valence electrons. The largest absolute Gasteiger partial charge is 0.465 e. The second kappa shape index (κ2) is 5.39.